The molecule has 0 unspecified atom stereocenters. The van der Waals surface area contributed by atoms with Crippen molar-refractivity contribution >= 4 is 11.9 Å². The van der Waals surface area contributed by atoms with Crippen molar-refractivity contribution in [2.24, 2.45) is 0 Å². The summed E-state index contributed by atoms with van der Waals surface area (Å²) in [4.78, 5) is 25.4. The molecule has 0 aliphatic carbocycles. The third kappa shape index (κ3) is 2.77. The van der Waals surface area contributed by atoms with Gasteiger partial charge in [-0.15, -0.1) is 0 Å². The van der Waals surface area contributed by atoms with Crippen LogP contribution in [0.2, 0.25) is 0 Å². The third-order valence-electron chi connectivity index (χ3n) is 4.16. The van der Waals surface area contributed by atoms with Crippen molar-refractivity contribution in [3.63, 3.8) is 0 Å². The molecule has 8 heteroatoms. The first kappa shape index (κ1) is 14.1. The molecule has 0 atom stereocenters. The molecule has 23 heavy (non-hydrogen) atoms. The van der Waals surface area contributed by atoms with Gasteiger partial charge in [-0.05, 0) is 12.0 Å². The minimum Gasteiger partial charge on any atom is -0.378 e. The largest absolute Gasteiger partial charge is 0.378 e. The molecule has 1 fully saturated rings. The van der Waals surface area contributed by atoms with Crippen molar-refractivity contribution in [2.75, 3.05) is 37.7 Å². The van der Waals surface area contributed by atoms with Crippen LogP contribution in [0.3, 0.4) is 0 Å². The number of nitrogens with zero attached hydrogens (tertiary/aromatic N) is 5. The van der Waals surface area contributed by atoms with Crippen LogP contribution in [0, 0.1) is 0 Å². The number of rotatable bonds is 2. The standard InChI is InChI=1S/C15H17N5O3/c21-14(13-1-3-17-23-13)20-4-2-11-9-16-15(18-12(11)10-20)19-5-7-22-8-6-19/h1,3,9H,2,4-8,10H2. The fraction of sp³-hybridized carbons (Fsp3) is 0.467. The van der Waals surface area contributed by atoms with Crippen molar-refractivity contribution in [3.8, 4) is 0 Å². The molecule has 8 nitrogen and oxygen atoms in total. The van der Waals surface area contributed by atoms with Crippen molar-refractivity contribution in [1.82, 2.24) is 20.0 Å². The van der Waals surface area contributed by atoms with E-state index in [4.69, 9.17) is 9.26 Å². The quantitative estimate of drug-likeness (QED) is 0.798. The maximum absolute atomic E-state index is 12.4. The molecular weight excluding hydrogens is 298 g/mol. The number of anilines is 1. The summed E-state index contributed by atoms with van der Waals surface area (Å²) < 4.78 is 10.3. The molecule has 0 spiro atoms. The number of fused-ring (bicyclic) bond motifs is 1. The molecule has 120 valence electrons. The van der Waals surface area contributed by atoms with Gasteiger partial charge in [0.1, 0.15) is 0 Å². The Balaban J connectivity index is 1.54. The average Bonchev–Trinajstić information content (AvgIpc) is 3.15. The van der Waals surface area contributed by atoms with Crippen LogP contribution < -0.4 is 4.90 Å². The number of hydrogen-bond donors (Lipinski definition) is 0. The predicted octanol–water partition coefficient (Wildman–Crippen LogP) is 0.500. The Kier molecular flexibility index (Phi) is 3.66. The van der Waals surface area contributed by atoms with Gasteiger partial charge in [-0.1, -0.05) is 5.16 Å². The molecule has 4 heterocycles. The number of carbonyl (C=O) groups excluding carboxylic acids is 1. The summed E-state index contributed by atoms with van der Waals surface area (Å²) >= 11 is 0. The zero-order valence-corrected chi connectivity index (χ0v) is 12.6. The second-order valence-electron chi connectivity index (χ2n) is 5.59. The van der Waals surface area contributed by atoms with E-state index in [-0.39, 0.29) is 11.7 Å². The van der Waals surface area contributed by atoms with Crippen LogP contribution >= 0.6 is 0 Å². The van der Waals surface area contributed by atoms with Gasteiger partial charge in [0.15, 0.2) is 0 Å². The van der Waals surface area contributed by atoms with Crippen LogP contribution in [0.5, 0.6) is 0 Å². The van der Waals surface area contributed by atoms with Gasteiger partial charge in [0.2, 0.25) is 11.7 Å². The van der Waals surface area contributed by atoms with Crippen LogP contribution in [0.1, 0.15) is 21.8 Å². The van der Waals surface area contributed by atoms with E-state index in [2.05, 4.69) is 20.0 Å². The Morgan fingerprint density at radius 2 is 2.09 bits per heavy atom. The number of morpholine rings is 1. The highest BCUT2D eigenvalue weighted by Gasteiger charge is 2.26. The highest BCUT2D eigenvalue weighted by Crippen LogP contribution is 2.21. The predicted molar refractivity (Wildman–Crippen MR) is 80.0 cm³/mol. The van der Waals surface area contributed by atoms with Crippen molar-refractivity contribution in [1.29, 1.82) is 0 Å². The molecular formula is C15H17N5O3. The maximum atomic E-state index is 12.4. The van der Waals surface area contributed by atoms with E-state index in [0.29, 0.717) is 32.3 Å². The van der Waals surface area contributed by atoms with Crippen molar-refractivity contribution < 1.29 is 14.1 Å². The van der Waals surface area contributed by atoms with Crippen molar-refractivity contribution in [2.45, 2.75) is 13.0 Å². The first-order valence-electron chi connectivity index (χ1n) is 7.69. The third-order valence-corrected chi connectivity index (χ3v) is 4.16. The summed E-state index contributed by atoms with van der Waals surface area (Å²) in [6.07, 6.45) is 4.10. The summed E-state index contributed by atoms with van der Waals surface area (Å²) in [5.41, 5.74) is 2.00. The Bertz CT molecular complexity index is 697. The van der Waals surface area contributed by atoms with E-state index in [1.54, 1.807) is 11.0 Å². The fourth-order valence-corrected chi connectivity index (χ4v) is 2.86. The molecule has 0 radical (unpaired) electrons. The molecule has 0 aromatic carbocycles. The number of hydrogen-bond acceptors (Lipinski definition) is 7. The minimum atomic E-state index is -0.153. The SMILES string of the molecule is O=C(c1ccno1)N1CCc2cnc(N3CCOCC3)nc2C1. The summed E-state index contributed by atoms with van der Waals surface area (Å²) in [6, 6.07) is 1.58. The van der Waals surface area contributed by atoms with Crippen LogP contribution in [0.15, 0.2) is 23.0 Å². The highest BCUT2D eigenvalue weighted by atomic mass is 16.5. The number of amides is 1. The molecule has 1 amide bonds. The van der Waals surface area contributed by atoms with E-state index in [9.17, 15) is 4.79 Å². The minimum absolute atomic E-state index is 0.153. The van der Waals surface area contributed by atoms with Gasteiger partial charge in [-0.25, -0.2) is 9.97 Å². The molecule has 1 saturated heterocycles. The topological polar surface area (TPSA) is 84.6 Å². The van der Waals surface area contributed by atoms with Gasteiger partial charge in [0.05, 0.1) is 31.6 Å². The average molecular weight is 315 g/mol. The number of aromatic nitrogens is 3. The highest BCUT2D eigenvalue weighted by molar-refractivity contribution is 5.91. The zero-order valence-electron chi connectivity index (χ0n) is 12.6. The van der Waals surface area contributed by atoms with E-state index >= 15 is 0 Å². The van der Waals surface area contributed by atoms with Crippen LogP contribution in [0.25, 0.3) is 0 Å². The summed E-state index contributed by atoms with van der Waals surface area (Å²) in [6.45, 7) is 4.06. The van der Waals surface area contributed by atoms with Gasteiger partial charge < -0.3 is 19.1 Å². The lowest BCUT2D eigenvalue weighted by Gasteiger charge is -2.30. The van der Waals surface area contributed by atoms with Gasteiger partial charge in [0, 0.05) is 31.9 Å². The molecule has 2 aromatic rings. The molecule has 2 aliphatic heterocycles. The normalized spacial score (nSPS) is 17.9. The lowest BCUT2D eigenvalue weighted by atomic mass is 10.1. The van der Waals surface area contributed by atoms with E-state index in [1.807, 2.05) is 6.20 Å². The van der Waals surface area contributed by atoms with Gasteiger partial charge in [0.25, 0.3) is 5.91 Å². The Morgan fingerprint density at radius 3 is 2.87 bits per heavy atom. The molecule has 2 aliphatic rings. The Labute approximate surface area is 133 Å². The number of carbonyl (C=O) groups is 1. The van der Waals surface area contributed by atoms with Gasteiger partial charge in [-0.3, -0.25) is 4.79 Å². The Hall–Kier alpha value is -2.48. The van der Waals surface area contributed by atoms with Gasteiger partial charge in [-0.2, -0.15) is 0 Å². The lowest BCUT2D eigenvalue weighted by Crippen LogP contribution is -2.39. The summed E-state index contributed by atoms with van der Waals surface area (Å²) in [5.74, 6) is 0.816. The van der Waals surface area contributed by atoms with E-state index < -0.39 is 0 Å². The molecule has 2 aromatic heterocycles. The molecule has 0 saturated carbocycles. The smallest absolute Gasteiger partial charge is 0.292 e. The zero-order chi connectivity index (χ0) is 15.6. The summed E-state index contributed by atoms with van der Waals surface area (Å²) in [5, 5.41) is 3.59. The molecule has 4 rings (SSSR count). The van der Waals surface area contributed by atoms with Crippen LogP contribution in [-0.2, 0) is 17.7 Å². The lowest BCUT2D eigenvalue weighted by molar-refractivity contribution is 0.0689. The molecule has 0 bridgehead atoms. The van der Waals surface area contributed by atoms with Crippen LogP contribution in [0.4, 0.5) is 5.95 Å². The monoisotopic (exact) mass is 315 g/mol. The maximum Gasteiger partial charge on any atom is 0.292 e. The summed E-state index contributed by atoms with van der Waals surface area (Å²) in [7, 11) is 0. The first-order chi connectivity index (χ1) is 11.3. The number of ether oxygens (including phenoxy) is 1. The second kappa shape index (κ2) is 5.96. The van der Waals surface area contributed by atoms with E-state index in [0.717, 1.165) is 30.8 Å². The molecule has 0 N–H and O–H groups in total. The van der Waals surface area contributed by atoms with Crippen molar-refractivity contribution in [3.05, 3.63) is 35.5 Å². The second-order valence-corrected chi connectivity index (χ2v) is 5.59. The van der Waals surface area contributed by atoms with Gasteiger partial charge >= 0.3 is 0 Å². The van der Waals surface area contributed by atoms with Crippen LogP contribution in [-0.4, -0.2) is 58.8 Å². The Morgan fingerprint density at radius 1 is 1.22 bits per heavy atom. The van der Waals surface area contributed by atoms with E-state index in [1.165, 1.54) is 6.20 Å². The fourth-order valence-electron chi connectivity index (χ4n) is 2.86. The first-order valence-corrected chi connectivity index (χ1v) is 7.69.